The average Bonchev–Trinajstić information content (AvgIpc) is 2.38. The fourth-order valence-electron chi connectivity index (χ4n) is 2.39. The lowest BCUT2D eigenvalue weighted by Crippen LogP contribution is -2.42. The van der Waals surface area contributed by atoms with Crippen LogP contribution in [-0.2, 0) is 0 Å². The molecule has 0 saturated carbocycles. The minimum Gasteiger partial charge on any atom is -0.390 e. The first-order valence-corrected chi connectivity index (χ1v) is 6.57. The standard InChI is InChI=1S/C14H18N2O4/c1-10(17)11-3-4-12(13(9-11)16(19)20)15-7-5-14(2,18)6-8-15/h3-4,9,18H,5-8H2,1-2H3. The van der Waals surface area contributed by atoms with Crippen LogP contribution in [0.5, 0.6) is 0 Å². The molecule has 6 heteroatoms. The molecular weight excluding hydrogens is 260 g/mol. The zero-order chi connectivity index (χ0) is 14.9. The Hall–Kier alpha value is -1.95. The Morgan fingerprint density at radius 3 is 2.50 bits per heavy atom. The zero-order valence-electron chi connectivity index (χ0n) is 11.6. The molecule has 0 bridgehead atoms. The first kappa shape index (κ1) is 14.5. The molecule has 0 radical (unpaired) electrons. The molecule has 108 valence electrons. The van der Waals surface area contributed by atoms with Crippen LogP contribution < -0.4 is 4.90 Å². The molecular formula is C14H18N2O4. The van der Waals surface area contributed by atoms with Crippen molar-refractivity contribution in [2.24, 2.45) is 0 Å². The molecule has 1 aromatic carbocycles. The Bertz CT molecular complexity index is 544. The number of hydrogen-bond acceptors (Lipinski definition) is 5. The van der Waals surface area contributed by atoms with Crippen LogP contribution in [0.25, 0.3) is 0 Å². The highest BCUT2D eigenvalue weighted by atomic mass is 16.6. The number of Topliss-reactive ketones (excluding diaryl/α,β-unsaturated/α-hetero) is 1. The van der Waals surface area contributed by atoms with Crippen LogP contribution in [0.3, 0.4) is 0 Å². The number of aliphatic hydroxyl groups is 1. The molecule has 1 aliphatic rings. The maximum absolute atomic E-state index is 11.3. The van der Waals surface area contributed by atoms with E-state index in [0.29, 0.717) is 37.2 Å². The molecule has 1 fully saturated rings. The number of nitro benzene ring substituents is 1. The quantitative estimate of drug-likeness (QED) is 0.520. The Labute approximate surface area is 117 Å². The summed E-state index contributed by atoms with van der Waals surface area (Å²) in [6, 6.07) is 4.55. The molecule has 0 unspecified atom stereocenters. The minimum atomic E-state index is -0.704. The highest BCUT2D eigenvalue weighted by molar-refractivity contribution is 5.95. The molecule has 1 saturated heterocycles. The SMILES string of the molecule is CC(=O)c1ccc(N2CCC(C)(O)CC2)c([N+](=O)[O-])c1. The van der Waals surface area contributed by atoms with Crippen molar-refractivity contribution in [3.63, 3.8) is 0 Å². The third kappa shape index (κ3) is 2.96. The average molecular weight is 278 g/mol. The number of nitro groups is 1. The molecule has 2 rings (SSSR count). The van der Waals surface area contributed by atoms with E-state index in [4.69, 9.17) is 0 Å². The molecule has 0 atom stereocenters. The molecule has 0 amide bonds. The predicted octanol–water partition coefficient (Wildman–Crippen LogP) is 2.15. The Balaban J connectivity index is 2.32. The van der Waals surface area contributed by atoms with Gasteiger partial charge in [-0.1, -0.05) is 0 Å². The summed E-state index contributed by atoms with van der Waals surface area (Å²) in [5, 5.41) is 21.1. The van der Waals surface area contributed by atoms with Gasteiger partial charge in [0.1, 0.15) is 5.69 Å². The van der Waals surface area contributed by atoms with Crippen LogP contribution >= 0.6 is 0 Å². The van der Waals surface area contributed by atoms with E-state index in [0.717, 1.165) is 0 Å². The van der Waals surface area contributed by atoms with Gasteiger partial charge in [-0.15, -0.1) is 0 Å². The van der Waals surface area contributed by atoms with Crippen molar-refractivity contribution in [2.75, 3.05) is 18.0 Å². The van der Waals surface area contributed by atoms with Crippen LogP contribution in [0.2, 0.25) is 0 Å². The monoisotopic (exact) mass is 278 g/mol. The van der Waals surface area contributed by atoms with Gasteiger partial charge < -0.3 is 10.0 Å². The summed E-state index contributed by atoms with van der Waals surface area (Å²) in [7, 11) is 0. The van der Waals surface area contributed by atoms with Gasteiger partial charge in [-0.05, 0) is 38.8 Å². The number of ketones is 1. The van der Waals surface area contributed by atoms with Gasteiger partial charge in [0.15, 0.2) is 5.78 Å². The summed E-state index contributed by atoms with van der Waals surface area (Å²) in [5.41, 5.74) is 0.0872. The van der Waals surface area contributed by atoms with Crippen molar-refractivity contribution in [1.29, 1.82) is 0 Å². The first-order chi connectivity index (χ1) is 9.30. The second-order valence-corrected chi connectivity index (χ2v) is 5.50. The fourth-order valence-corrected chi connectivity index (χ4v) is 2.39. The number of nitrogens with zero attached hydrogens (tertiary/aromatic N) is 2. The summed E-state index contributed by atoms with van der Waals surface area (Å²) in [4.78, 5) is 23.9. The molecule has 0 spiro atoms. The van der Waals surface area contributed by atoms with Crippen LogP contribution in [-0.4, -0.2) is 34.5 Å². The number of carbonyl (C=O) groups excluding carboxylic acids is 1. The third-order valence-corrected chi connectivity index (χ3v) is 3.76. The van der Waals surface area contributed by atoms with Crippen LogP contribution in [0.15, 0.2) is 18.2 Å². The van der Waals surface area contributed by atoms with E-state index in [1.165, 1.54) is 13.0 Å². The predicted molar refractivity (Wildman–Crippen MR) is 75.2 cm³/mol. The second-order valence-electron chi connectivity index (χ2n) is 5.50. The molecule has 1 aliphatic heterocycles. The highest BCUT2D eigenvalue weighted by Crippen LogP contribution is 2.33. The molecule has 1 heterocycles. The van der Waals surface area contributed by atoms with E-state index in [2.05, 4.69) is 0 Å². The van der Waals surface area contributed by atoms with Gasteiger partial charge in [-0.25, -0.2) is 0 Å². The van der Waals surface area contributed by atoms with Crippen LogP contribution in [0, 0.1) is 10.1 Å². The van der Waals surface area contributed by atoms with E-state index in [1.54, 1.807) is 19.1 Å². The number of rotatable bonds is 3. The van der Waals surface area contributed by atoms with Crippen molar-refractivity contribution in [1.82, 2.24) is 0 Å². The van der Waals surface area contributed by atoms with Gasteiger partial charge in [0.2, 0.25) is 0 Å². The zero-order valence-corrected chi connectivity index (χ0v) is 11.6. The van der Waals surface area contributed by atoms with E-state index < -0.39 is 10.5 Å². The molecule has 6 nitrogen and oxygen atoms in total. The summed E-state index contributed by atoms with van der Waals surface area (Å²) < 4.78 is 0. The fraction of sp³-hybridized carbons (Fsp3) is 0.500. The van der Waals surface area contributed by atoms with E-state index in [-0.39, 0.29) is 11.5 Å². The van der Waals surface area contributed by atoms with Crippen LogP contribution in [0.4, 0.5) is 11.4 Å². The summed E-state index contributed by atoms with van der Waals surface area (Å²) in [5.74, 6) is -0.193. The summed E-state index contributed by atoms with van der Waals surface area (Å²) in [6.07, 6.45) is 1.14. The maximum atomic E-state index is 11.3. The Kier molecular flexibility index (Phi) is 3.76. The van der Waals surface area contributed by atoms with Gasteiger partial charge in [-0.2, -0.15) is 0 Å². The van der Waals surface area contributed by atoms with Crippen LogP contribution in [0.1, 0.15) is 37.0 Å². The number of anilines is 1. The normalized spacial score (nSPS) is 17.9. The summed E-state index contributed by atoms with van der Waals surface area (Å²) in [6.45, 7) is 4.29. The van der Waals surface area contributed by atoms with Crippen molar-refractivity contribution in [3.05, 3.63) is 33.9 Å². The first-order valence-electron chi connectivity index (χ1n) is 6.57. The smallest absolute Gasteiger partial charge is 0.293 e. The molecule has 1 N–H and O–H groups in total. The second kappa shape index (κ2) is 5.20. The van der Waals surface area contributed by atoms with Gasteiger partial charge in [-0.3, -0.25) is 14.9 Å². The topological polar surface area (TPSA) is 83.7 Å². The van der Waals surface area contributed by atoms with Gasteiger partial charge in [0.05, 0.1) is 10.5 Å². The van der Waals surface area contributed by atoms with Crippen molar-refractivity contribution >= 4 is 17.2 Å². The largest absolute Gasteiger partial charge is 0.390 e. The van der Waals surface area contributed by atoms with E-state index >= 15 is 0 Å². The van der Waals surface area contributed by atoms with Gasteiger partial charge in [0.25, 0.3) is 5.69 Å². The number of carbonyl (C=O) groups is 1. The van der Waals surface area contributed by atoms with E-state index in [9.17, 15) is 20.0 Å². The molecule has 20 heavy (non-hydrogen) atoms. The molecule has 1 aromatic rings. The lowest BCUT2D eigenvalue weighted by molar-refractivity contribution is -0.384. The summed E-state index contributed by atoms with van der Waals surface area (Å²) >= 11 is 0. The van der Waals surface area contributed by atoms with Crippen molar-refractivity contribution in [3.8, 4) is 0 Å². The van der Waals surface area contributed by atoms with Crippen molar-refractivity contribution in [2.45, 2.75) is 32.3 Å². The van der Waals surface area contributed by atoms with E-state index in [1.807, 2.05) is 4.90 Å². The molecule has 0 aliphatic carbocycles. The number of piperidine rings is 1. The third-order valence-electron chi connectivity index (χ3n) is 3.76. The highest BCUT2D eigenvalue weighted by Gasteiger charge is 2.30. The Morgan fingerprint density at radius 1 is 1.40 bits per heavy atom. The number of benzene rings is 1. The maximum Gasteiger partial charge on any atom is 0.293 e. The Morgan fingerprint density at radius 2 is 2.00 bits per heavy atom. The molecule has 0 aromatic heterocycles. The minimum absolute atomic E-state index is 0.0563. The lowest BCUT2D eigenvalue weighted by Gasteiger charge is -2.36. The van der Waals surface area contributed by atoms with Crippen molar-refractivity contribution < 1.29 is 14.8 Å². The number of hydrogen-bond donors (Lipinski definition) is 1. The van der Waals surface area contributed by atoms with Gasteiger partial charge in [0, 0.05) is 24.7 Å². The lowest BCUT2D eigenvalue weighted by atomic mass is 9.93. The van der Waals surface area contributed by atoms with Gasteiger partial charge >= 0.3 is 0 Å².